The normalized spacial score (nSPS) is 42.1. The Balaban J connectivity index is 1.37. The zero-order valence-electron chi connectivity index (χ0n) is 16.9. The summed E-state index contributed by atoms with van der Waals surface area (Å²) in [4.78, 5) is 27.3. The topological polar surface area (TPSA) is 66.5 Å². The van der Waals surface area contributed by atoms with Crippen molar-refractivity contribution in [3.8, 4) is 5.75 Å². The zero-order valence-corrected chi connectivity index (χ0v) is 16.9. The fraction of sp³-hybridized carbons (Fsp3) is 0.682. The molecule has 2 spiro atoms. The van der Waals surface area contributed by atoms with Gasteiger partial charge in [0.05, 0.1) is 12.5 Å². The molecule has 29 heavy (non-hydrogen) atoms. The fourth-order valence-corrected chi connectivity index (χ4v) is 6.10. The molecule has 5 aliphatic heterocycles. The summed E-state index contributed by atoms with van der Waals surface area (Å²) in [5.74, 6) is -0.0637. The number of fused-ring (bicyclic) bond motifs is 3. The molecule has 0 unspecified atom stereocenters. The Morgan fingerprint density at radius 1 is 1.14 bits per heavy atom. The largest absolute Gasteiger partial charge is 0.497 e. The smallest absolute Gasteiger partial charge is 0.314 e. The number of ether oxygens (including phenoxy) is 3. The molecular formula is C22H27NO6. The van der Waals surface area contributed by atoms with Crippen molar-refractivity contribution in [1.29, 1.82) is 0 Å². The Hall–Kier alpha value is -1.67. The van der Waals surface area contributed by atoms with Gasteiger partial charge in [0.1, 0.15) is 5.75 Å². The van der Waals surface area contributed by atoms with Gasteiger partial charge in [-0.15, -0.1) is 0 Å². The number of hydrogen-bond donors (Lipinski definition) is 0. The highest BCUT2D eigenvalue weighted by atomic mass is 17.3. The Bertz CT molecular complexity index is 838. The highest BCUT2D eigenvalue weighted by Gasteiger charge is 2.77. The van der Waals surface area contributed by atoms with E-state index in [2.05, 4.69) is 17.0 Å². The van der Waals surface area contributed by atoms with Gasteiger partial charge in [0, 0.05) is 24.9 Å². The van der Waals surface area contributed by atoms with Crippen LogP contribution in [0.2, 0.25) is 0 Å². The number of hydrogen-bond acceptors (Lipinski definition) is 7. The maximum Gasteiger partial charge on any atom is 0.314 e. The van der Waals surface area contributed by atoms with Gasteiger partial charge in [-0.25, -0.2) is 9.78 Å². The predicted molar refractivity (Wildman–Crippen MR) is 100 cm³/mol. The van der Waals surface area contributed by atoms with Crippen molar-refractivity contribution in [1.82, 2.24) is 4.90 Å². The molecule has 7 heteroatoms. The lowest BCUT2D eigenvalue weighted by molar-refractivity contribution is -0.558. The van der Waals surface area contributed by atoms with Crippen molar-refractivity contribution in [3.05, 3.63) is 29.8 Å². The molecule has 7 rings (SSSR count). The number of piperidine rings is 1. The van der Waals surface area contributed by atoms with Crippen LogP contribution in [0.1, 0.15) is 44.6 Å². The minimum absolute atomic E-state index is 0.0704. The Kier molecular flexibility index (Phi) is 3.71. The molecule has 5 saturated heterocycles. The lowest BCUT2D eigenvalue weighted by atomic mass is 9.64. The molecule has 0 radical (unpaired) electrons. The minimum Gasteiger partial charge on any atom is -0.497 e. The number of carbonyl (C=O) groups is 1. The average molecular weight is 401 g/mol. The number of carbonyl (C=O) groups excluding carboxylic acids is 1. The van der Waals surface area contributed by atoms with E-state index in [-0.39, 0.29) is 17.9 Å². The lowest BCUT2D eigenvalue weighted by Crippen LogP contribution is -2.74. The first kappa shape index (κ1) is 18.1. The van der Waals surface area contributed by atoms with Crippen LogP contribution in [-0.4, -0.2) is 48.2 Å². The average Bonchev–Trinajstić information content (AvgIpc) is 3.54. The zero-order chi connectivity index (χ0) is 19.9. The maximum absolute atomic E-state index is 12.8. The Morgan fingerprint density at radius 3 is 2.66 bits per heavy atom. The van der Waals surface area contributed by atoms with Crippen LogP contribution in [0.15, 0.2) is 24.3 Å². The van der Waals surface area contributed by atoms with Gasteiger partial charge in [0.25, 0.3) is 0 Å². The summed E-state index contributed by atoms with van der Waals surface area (Å²) in [6, 6.07) is 8.27. The molecule has 6 aliphatic rings. The molecule has 7 nitrogen and oxygen atoms in total. The van der Waals surface area contributed by atoms with Gasteiger partial charge in [-0.3, -0.25) is 9.69 Å². The van der Waals surface area contributed by atoms with E-state index < -0.39 is 23.1 Å². The van der Waals surface area contributed by atoms with Gasteiger partial charge in [0.2, 0.25) is 12.1 Å². The molecule has 1 saturated carbocycles. The van der Waals surface area contributed by atoms with Crippen molar-refractivity contribution in [3.63, 3.8) is 0 Å². The van der Waals surface area contributed by atoms with Gasteiger partial charge >= 0.3 is 5.97 Å². The van der Waals surface area contributed by atoms with Crippen molar-refractivity contribution >= 4 is 5.97 Å². The van der Waals surface area contributed by atoms with Crippen LogP contribution in [0.3, 0.4) is 0 Å². The van der Waals surface area contributed by atoms with Crippen molar-refractivity contribution in [2.75, 3.05) is 13.7 Å². The molecule has 5 heterocycles. The molecule has 0 aromatic heterocycles. The van der Waals surface area contributed by atoms with Gasteiger partial charge in [0.15, 0.2) is 5.60 Å². The summed E-state index contributed by atoms with van der Waals surface area (Å²) in [5.41, 5.74) is 0.0506. The summed E-state index contributed by atoms with van der Waals surface area (Å²) >= 11 is 0. The van der Waals surface area contributed by atoms with E-state index in [9.17, 15) is 4.79 Å². The summed E-state index contributed by atoms with van der Waals surface area (Å²) in [7, 11) is 1.68. The van der Waals surface area contributed by atoms with Crippen molar-refractivity contribution in [2.24, 2.45) is 11.3 Å². The number of likely N-dealkylation sites (tertiary alicyclic amines) is 1. The first-order chi connectivity index (χ1) is 14.0. The van der Waals surface area contributed by atoms with Gasteiger partial charge in [-0.1, -0.05) is 12.1 Å². The molecule has 1 aromatic carbocycles. The predicted octanol–water partition coefficient (Wildman–Crippen LogP) is 2.78. The molecule has 0 N–H and O–H groups in total. The van der Waals surface area contributed by atoms with E-state index in [1.54, 1.807) is 7.11 Å². The molecule has 5 atom stereocenters. The molecular weight excluding hydrogens is 374 g/mol. The monoisotopic (exact) mass is 401 g/mol. The second kappa shape index (κ2) is 5.94. The second-order valence-corrected chi connectivity index (χ2v) is 9.38. The van der Waals surface area contributed by atoms with Crippen molar-refractivity contribution < 1.29 is 28.8 Å². The van der Waals surface area contributed by atoms with E-state index in [1.807, 2.05) is 19.1 Å². The summed E-state index contributed by atoms with van der Waals surface area (Å²) in [6.45, 7) is 3.59. The van der Waals surface area contributed by atoms with Crippen LogP contribution in [-0.2, 0) is 30.6 Å². The number of esters is 1. The summed E-state index contributed by atoms with van der Waals surface area (Å²) in [6.07, 6.45) is 3.49. The highest BCUT2D eigenvalue weighted by Crippen LogP contribution is 2.66. The third-order valence-corrected chi connectivity index (χ3v) is 7.79. The Labute approximate surface area is 170 Å². The molecule has 1 aromatic rings. The third kappa shape index (κ3) is 2.42. The van der Waals surface area contributed by atoms with Crippen LogP contribution in [0, 0.1) is 11.3 Å². The molecule has 156 valence electrons. The number of nitrogens with zero attached hydrogens (tertiary/aromatic N) is 1. The molecule has 6 fully saturated rings. The molecule has 1 aliphatic carbocycles. The Morgan fingerprint density at radius 2 is 1.93 bits per heavy atom. The van der Waals surface area contributed by atoms with Gasteiger partial charge in [-0.05, 0) is 56.8 Å². The first-order valence-corrected chi connectivity index (χ1v) is 10.6. The van der Waals surface area contributed by atoms with Crippen LogP contribution in [0.5, 0.6) is 5.75 Å². The number of methoxy groups -OCH3 is 1. The van der Waals surface area contributed by atoms with E-state index in [1.165, 1.54) is 5.56 Å². The molecule has 0 amide bonds. The van der Waals surface area contributed by atoms with Crippen molar-refractivity contribution in [2.45, 2.75) is 69.3 Å². The minimum atomic E-state index is -0.877. The fourth-order valence-electron chi connectivity index (χ4n) is 6.10. The highest BCUT2D eigenvalue weighted by molar-refractivity contribution is 5.82. The van der Waals surface area contributed by atoms with E-state index in [0.717, 1.165) is 44.5 Å². The second-order valence-electron chi connectivity index (χ2n) is 9.38. The first-order valence-electron chi connectivity index (χ1n) is 10.6. The number of benzene rings is 1. The van der Waals surface area contributed by atoms with E-state index >= 15 is 0 Å². The van der Waals surface area contributed by atoms with Crippen LogP contribution >= 0.6 is 0 Å². The van der Waals surface area contributed by atoms with E-state index in [4.69, 9.17) is 24.0 Å². The summed E-state index contributed by atoms with van der Waals surface area (Å²) in [5, 5.41) is 0. The maximum atomic E-state index is 12.8. The third-order valence-electron chi connectivity index (χ3n) is 7.79. The number of rotatable bonds is 3. The van der Waals surface area contributed by atoms with E-state index in [0.29, 0.717) is 6.42 Å². The van der Waals surface area contributed by atoms with Crippen LogP contribution in [0.25, 0.3) is 0 Å². The summed E-state index contributed by atoms with van der Waals surface area (Å²) < 4.78 is 17.4. The van der Waals surface area contributed by atoms with Crippen LogP contribution in [0.4, 0.5) is 0 Å². The lowest BCUT2D eigenvalue weighted by Gasteiger charge is -2.59. The quantitative estimate of drug-likeness (QED) is 0.570. The van der Waals surface area contributed by atoms with Gasteiger partial charge in [-0.2, -0.15) is 0 Å². The SMILES string of the molecule is COc1ccc(CN2CC[C@H]3C4(CC4)C(=O)O[C@@H]4O[C@@]5(C)CC[C@@H]2[C@]43OO5)cc1. The van der Waals surface area contributed by atoms with Gasteiger partial charge < -0.3 is 14.2 Å². The molecule has 2 bridgehead atoms. The standard InChI is InChI=1S/C22H27NO6/c1-20-9-7-17-22(29-28-20)16(21(10-11-21)18(24)26-19(22)27-20)8-12-23(17)13-14-3-5-15(25-2)6-4-14/h3-6,16-17,19H,7-13H2,1-2H3/t16-,17+,19+,20+,22-/m0/s1. The van der Waals surface area contributed by atoms with Crippen LogP contribution < -0.4 is 4.74 Å².